The molecule has 0 saturated carbocycles. The Hall–Kier alpha value is -0.0151. The predicted octanol–water partition coefficient (Wildman–Crippen LogP) is 0.0845. The van der Waals surface area contributed by atoms with Crippen molar-refractivity contribution in [2.45, 2.75) is 19.4 Å². The average molecular weight is 113 g/mol. The summed E-state index contributed by atoms with van der Waals surface area (Å²) in [5.41, 5.74) is 0. The summed E-state index contributed by atoms with van der Waals surface area (Å²) >= 11 is 0. The molecule has 0 aromatic carbocycles. The Kier molecular flexibility index (Phi) is 5.12. The van der Waals surface area contributed by atoms with Crippen molar-refractivity contribution in [3.8, 4) is 0 Å². The van der Waals surface area contributed by atoms with Crippen molar-refractivity contribution in [1.29, 1.82) is 0 Å². The molecule has 0 rings (SSSR count). The fourth-order valence-electron chi connectivity index (χ4n) is 0.378. The van der Waals surface area contributed by atoms with Crippen LogP contribution >= 0.6 is 0 Å². The van der Waals surface area contributed by atoms with E-state index in [0.29, 0.717) is 6.04 Å². The van der Waals surface area contributed by atoms with Gasteiger partial charge >= 0.3 is 0 Å². The molecule has 0 aliphatic rings. The minimum absolute atomic E-state index is 0.356. The molecule has 0 aromatic heterocycles. The van der Waals surface area contributed by atoms with E-state index in [4.69, 9.17) is 12.7 Å². The number of nitrogens with one attached hydrogen (secondary N) is 1. The van der Waals surface area contributed by atoms with E-state index < -0.39 is 0 Å². The van der Waals surface area contributed by atoms with E-state index in [1.165, 1.54) is 0 Å². The molecule has 0 bridgehead atoms. The lowest BCUT2D eigenvalue weighted by molar-refractivity contribution is 0.188. The van der Waals surface area contributed by atoms with E-state index in [1.54, 1.807) is 7.11 Å². The largest absolute Gasteiger partial charge is 0.385 e. The Morgan fingerprint density at radius 2 is 2.38 bits per heavy atom. The van der Waals surface area contributed by atoms with Crippen LogP contribution in [0, 0.1) is 0 Å². The van der Waals surface area contributed by atoms with Gasteiger partial charge in [0, 0.05) is 13.7 Å². The number of hydrogen-bond acceptors (Lipinski definition) is 2. The summed E-state index contributed by atoms with van der Waals surface area (Å²) in [6.45, 7) is 2.78. The fraction of sp³-hybridized carbons (Fsp3) is 1.00. The van der Waals surface area contributed by atoms with Crippen LogP contribution in [0.25, 0.3) is 0 Å². The first-order valence-electron chi connectivity index (χ1n) is 2.76. The van der Waals surface area contributed by atoms with Crippen molar-refractivity contribution in [3.05, 3.63) is 0 Å². The highest BCUT2D eigenvalue weighted by molar-refractivity contribution is 6.04. The zero-order valence-corrected chi connectivity index (χ0v) is 5.48. The molecule has 46 valence electrons. The quantitative estimate of drug-likeness (QED) is 0.521. The van der Waals surface area contributed by atoms with Gasteiger partial charge in [-0.25, -0.2) is 0 Å². The number of rotatable bonds is 4. The zero-order valence-electron chi connectivity index (χ0n) is 5.48. The second kappa shape index (κ2) is 5.13. The number of hydrogen-bond donors (Lipinski definition) is 1. The van der Waals surface area contributed by atoms with Crippen LogP contribution in [0.15, 0.2) is 0 Å². The van der Waals surface area contributed by atoms with Gasteiger partial charge in [0.25, 0.3) is 0 Å². The van der Waals surface area contributed by atoms with Crippen LogP contribution in [0.5, 0.6) is 0 Å². The van der Waals surface area contributed by atoms with Crippen LogP contribution in [0.4, 0.5) is 0 Å². The second-order valence-corrected chi connectivity index (χ2v) is 1.85. The van der Waals surface area contributed by atoms with Crippen LogP contribution < -0.4 is 5.23 Å². The summed E-state index contributed by atoms with van der Waals surface area (Å²) in [5, 5.41) is 2.62. The SMILES string of the molecule is [B]NC(C)CCOC. The molecule has 0 heterocycles. The lowest BCUT2D eigenvalue weighted by Crippen LogP contribution is -2.23. The molecule has 0 spiro atoms. The third-order valence-electron chi connectivity index (χ3n) is 1.04. The maximum absolute atomic E-state index is 5.11. The van der Waals surface area contributed by atoms with Gasteiger partial charge in [-0.1, -0.05) is 6.92 Å². The maximum Gasteiger partial charge on any atom is 0.178 e. The lowest BCUT2D eigenvalue weighted by Gasteiger charge is -2.07. The molecular formula is C5H12BNO. The lowest BCUT2D eigenvalue weighted by atomic mass is 10.2. The van der Waals surface area contributed by atoms with Crippen LogP contribution in [0.3, 0.4) is 0 Å². The summed E-state index contributed by atoms with van der Waals surface area (Å²) in [6, 6.07) is 0.356. The molecule has 0 aliphatic heterocycles. The minimum Gasteiger partial charge on any atom is -0.385 e. The first-order valence-corrected chi connectivity index (χ1v) is 2.76. The summed E-state index contributed by atoms with van der Waals surface area (Å²) in [5.74, 6) is 0. The van der Waals surface area contributed by atoms with Gasteiger partial charge in [0.15, 0.2) is 7.98 Å². The van der Waals surface area contributed by atoms with E-state index in [1.807, 2.05) is 6.92 Å². The van der Waals surface area contributed by atoms with Crippen molar-refractivity contribution in [1.82, 2.24) is 5.23 Å². The molecule has 0 saturated heterocycles. The Morgan fingerprint density at radius 1 is 1.75 bits per heavy atom. The van der Waals surface area contributed by atoms with Crippen molar-refractivity contribution in [2.24, 2.45) is 0 Å². The van der Waals surface area contributed by atoms with Crippen molar-refractivity contribution < 1.29 is 4.74 Å². The summed E-state index contributed by atoms with van der Waals surface area (Å²) in [6.07, 6.45) is 0.965. The first-order chi connectivity index (χ1) is 3.81. The standard InChI is InChI=1S/C5H12BNO/c1-5(7-6)3-4-8-2/h5,7H,3-4H2,1-2H3. The van der Waals surface area contributed by atoms with E-state index in [-0.39, 0.29) is 0 Å². The smallest absolute Gasteiger partial charge is 0.178 e. The van der Waals surface area contributed by atoms with E-state index in [0.717, 1.165) is 13.0 Å². The van der Waals surface area contributed by atoms with Crippen LogP contribution in [0.1, 0.15) is 13.3 Å². The summed E-state index contributed by atoms with van der Waals surface area (Å²) < 4.78 is 4.82. The van der Waals surface area contributed by atoms with Crippen LogP contribution in [-0.2, 0) is 4.74 Å². The average Bonchev–Trinajstić information content (AvgIpc) is 1.83. The van der Waals surface area contributed by atoms with Gasteiger partial charge in [-0.05, 0) is 12.5 Å². The van der Waals surface area contributed by atoms with E-state index >= 15 is 0 Å². The van der Waals surface area contributed by atoms with Crippen LogP contribution in [-0.4, -0.2) is 27.7 Å². The Bertz CT molecular complexity index is 51.7. The second-order valence-electron chi connectivity index (χ2n) is 1.85. The van der Waals surface area contributed by atoms with Gasteiger partial charge in [0.1, 0.15) is 0 Å². The molecule has 0 aliphatic carbocycles. The molecule has 2 nitrogen and oxygen atoms in total. The minimum atomic E-state index is 0.356. The Balaban J connectivity index is 2.86. The fourth-order valence-corrected chi connectivity index (χ4v) is 0.378. The monoisotopic (exact) mass is 113 g/mol. The molecular weight excluding hydrogens is 101 g/mol. The maximum atomic E-state index is 5.11. The van der Waals surface area contributed by atoms with Gasteiger partial charge in [0.2, 0.25) is 0 Å². The van der Waals surface area contributed by atoms with Crippen LogP contribution in [0.2, 0.25) is 0 Å². The molecule has 8 heavy (non-hydrogen) atoms. The topological polar surface area (TPSA) is 21.3 Å². The third-order valence-corrected chi connectivity index (χ3v) is 1.04. The highest BCUT2D eigenvalue weighted by Gasteiger charge is 1.93. The Morgan fingerprint density at radius 3 is 2.75 bits per heavy atom. The highest BCUT2D eigenvalue weighted by atomic mass is 16.5. The zero-order chi connectivity index (χ0) is 6.41. The highest BCUT2D eigenvalue weighted by Crippen LogP contribution is 1.86. The molecule has 3 heteroatoms. The summed E-state index contributed by atoms with van der Waals surface area (Å²) in [4.78, 5) is 0. The van der Waals surface area contributed by atoms with Gasteiger partial charge in [-0.15, -0.1) is 0 Å². The van der Waals surface area contributed by atoms with Gasteiger partial charge in [-0.2, -0.15) is 0 Å². The molecule has 0 fully saturated rings. The molecule has 0 aromatic rings. The van der Waals surface area contributed by atoms with E-state index in [2.05, 4.69) is 5.23 Å². The predicted molar refractivity (Wildman–Crippen MR) is 34.8 cm³/mol. The molecule has 0 amide bonds. The molecule has 1 unspecified atom stereocenters. The third kappa shape index (κ3) is 4.15. The Labute approximate surface area is 52.0 Å². The van der Waals surface area contributed by atoms with Gasteiger partial charge in [0.05, 0.1) is 0 Å². The molecule has 1 atom stereocenters. The molecule has 2 radical (unpaired) electrons. The number of ether oxygens (including phenoxy) is 1. The van der Waals surface area contributed by atoms with Gasteiger partial charge < -0.3 is 9.96 Å². The van der Waals surface area contributed by atoms with Crippen molar-refractivity contribution in [2.75, 3.05) is 13.7 Å². The number of methoxy groups -OCH3 is 1. The summed E-state index contributed by atoms with van der Waals surface area (Å²) in [7, 11) is 6.79. The van der Waals surface area contributed by atoms with Crippen molar-refractivity contribution >= 4 is 7.98 Å². The molecule has 1 N–H and O–H groups in total. The normalized spacial score (nSPS) is 13.8. The van der Waals surface area contributed by atoms with E-state index in [9.17, 15) is 0 Å². The van der Waals surface area contributed by atoms with Gasteiger partial charge in [-0.3, -0.25) is 0 Å². The van der Waals surface area contributed by atoms with Crippen molar-refractivity contribution in [3.63, 3.8) is 0 Å². The first kappa shape index (κ1) is 7.98.